The third-order valence-corrected chi connectivity index (χ3v) is 9.89. The van der Waals surface area contributed by atoms with E-state index >= 15 is 0 Å². The number of halogens is 1. The lowest BCUT2D eigenvalue weighted by molar-refractivity contribution is 0.0951. The lowest BCUT2D eigenvalue weighted by Gasteiger charge is -2.27. The maximum absolute atomic E-state index is 13.1. The zero-order valence-electron chi connectivity index (χ0n) is 18.6. The second-order valence-corrected chi connectivity index (χ2v) is 12.4. The van der Waals surface area contributed by atoms with E-state index in [1.54, 1.807) is 40.7 Å². The van der Waals surface area contributed by atoms with Crippen molar-refractivity contribution >= 4 is 38.9 Å². The molecule has 180 valence electrons. The fourth-order valence-corrected chi connectivity index (χ4v) is 7.39. The molecule has 33 heavy (non-hydrogen) atoms. The van der Waals surface area contributed by atoms with E-state index < -0.39 is 10.0 Å². The number of amides is 1. The summed E-state index contributed by atoms with van der Waals surface area (Å²) in [6, 6.07) is 10.3. The Morgan fingerprint density at radius 3 is 2.58 bits per heavy atom. The average molecular weight is 511 g/mol. The van der Waals surface area contributed by atoms with E-state index in [0.29, 0.717) is 27.9 Å². The van der Waals surface area contributed by atoms with Crippen LogP contribution in [0.5, 0.6) is 0 Å². The van der Waals surface area contributed by atoms with Crippen LogP contribution in [0.1, 0.15) is 40.9 Å². The van der Waals surface area contributed by atoms with Gasteiger partial charge in [0.1, 0.15) is 4.21 Å². The Bertz CT molecular complexity index is 1040. The maximum Gasteiger partial charge on any atom is 0.252 e. The Balaban J connectivity index is 1.25. The third kappa shape index (κ3) is 6.55. The van der Waals surface area contributed by atoms with Crippen molar-refractivity contribution in [1.82, 2.24) is 19.8 Å². The highest BCUT2D eigenvalue weighted by Gasteiger charge is 2.33. The van der Waals surface area contributed by atoms with Crippen molar-refractivity contribution in [2.75, 3.05) is 39.3 Å². The molecule has 0 saturated carbocycles. The molecule has 0 aliphatic carbocycles. The van der Waals surface area contributed by atoms with Gasteiger partial charge in [-0.25, -0.2) is 8.42 Å². The number of carbonyl (C=O) groups excluding carboxylic acids is 1. The van der Waals surface area contributed by atoms with Gasteiger partial charge in [-0.15, -0.1) is 11.3 Å². The first-order valence-electron chi connectivity index (χ1n) is 11.5. The van der Waals surface area contributed by atoms with E-state index in [2.05, 4.69) is 15.5 Å². The van der Waals surface area contributed by atoms with Crippen LogP contribution in [0.2, 0.25) is 5.02 Å². The van der Waals surface area contributed by atoms with Gasteiger partial charge in [0.15, 0.2) is 0 Å². The van der Waals surface area contributed by atoms with Crippen LogP contribution >= 0.6 is 22.9 Å². The van der Waals surface area contributed by atoms with Gasteiger partial charge in [0, 0.05) is 47.7 Å². The maximum atomic E-state index is 13.1. The number of likely N-dealkylation sites (tertiary alicyclic amines) is 1. The van der Waals surface area contributed by atoms with Crippen LogP contribution in [-0.4, -0.2) is 68.8 Å². The molecular formula is C23H31ClN4O3S2. The molecule has 2 aliphatic rings. The summed E-state index contributed by atoms with van der Waals surface area (Å²) in [5.74, 6) is -0.220. The quantitative estimate of drug-likeness (QED) is 0.541. The third-order valence-electron chi connectivity index (χ3n) is 6.22. The normalized spacial score (nSPS) is 20.2. The van der Waals surface area contributed by atoms with E-state index in [-0.39, 0.29) is 18.5 Å². The highest BCUT2D eigenvalue weighted by molar-refractivity contribution is 7.91. The predicted molar refractivity (Wildman–Crippen MR) is 132 cm³/mol. The van der Waals surface area contributed by atoms with Crippen molar-refractivity contribution in [3.05, 3.63) is 51.9 Å². The van der Waals surface area contributed by atoms with Gasteiger partial charge in [0.05, 0.1) is 6.54 Å². The minimum absolute atomic E-state index is 0.197. The first kappa shape index (κ1) is 24.6. The molecule has 1 amide bonds. The molecule has 2 saturated heterocycles. The molecule has 1 atom stereocenters. The highest BCUT2D eigenvalue weighted by atomic mass is 35.5. The van der Waals surface area contributed by atoms with Gasteiger partial charge in [-0.3, -0.25) is 4.79 Å². The SMILES string of the molecule is O=C(NCc1ccc(S(=O)(=O)N2CCC(NCCN3CCCCC3)C2)s1)c1ccc(Cl)cc1. The first-order valence-corrected chi connectivity index (χ1v) is 14.1. The molecule has 2 N–H and O–H groups in total. The minimum Gasteiger partial charge on any atom is -0.347 e. The van der Waals surface area contributed by atoms with Crippen LogP contribution in [0.15, 0.2) is 40.6 Å². The average Bonchev–Trinajstić information content (AvgIpc) is 3.49. The van der Waals surface area contributed by atoms with E-state index in [9.17, 15) is 13.2 Å². The molecule has 7 nitrogen and oxygen atoms in total. The number of sulfonamides is 1. The zero-order chi connectivity index (χ0) is 23.3. The number of hydrogen-bond acceptors (Lipinski definition) is 6. The second kappa shape index (κ2) is 11.3. The van der Waals surface area contributed by atoms with Crippen LogP contribution in [0.3, 0.4) is 0 Å². The molecule has 10 heteroatoms. The van der Waals surface area contributed by atoms with Gasteiger partial charge in [0.25, 0.3) is 15.9 Å². The smallest absolute Gasteiger partial charge is 0.252 e. The van der Waals surface area contributed by atoms with Crippen LogP contribution in [0.25, 0.3) is 0 Å². The molecule has 0 bridgehead atoms. The number of carbonyl (C=O) groups is 1. The van der Waals surface area contributed by atoms with Crippen LogP contribution in [0.4, 0.5) is 0 Å². The molecule has 1 aromatic heterocycles. The van der Waals surface area contributed by atoms with Crippen molar-refractivity contribution < 1.29 is 13.2 Å². The van der Waals surface area contributed by atoms with Crippen LogP contribution in [0, 0.1) is 0 Å². The number of nitrogens with one attached hydrogen (secondary N) is 2. The summed E-state index contributed by atoms with van der Waals surface area (Å²) in [6.45, 7) is 5.59. The lowest BCUT2D eigenvalue weighted by atomic mass is 10.1. The Morgan fingerprint density at radius 2 is 1.82 bits per heavy atom. The number of thiophene rings is 1. The lowest BCUT2D eigenvalue weighted by Crippen LogP contribution is -2.40. The Labute approximate surface area is 205 Å². The standard InChI is InChI=1S/C23H31ClN4O3S2/c24-19-6-4-18(5-7-19)23(29)26-16-21-8-9-22(32-21)33(30,31)28-14-10-20(17-28)25-11-15-27-12-2-1-3-13-27/h4-9,20,25H,1-3,10-17H2,(H,26,29). The first-order chi connectivity index (χ1) is 15.9. The van der Waals surface area contributed by atoms with E-state index in [1.807, 2.05) is 0 Å². The summed E-state index contributed by atoms with van der Waals surface area (Å²) in [4.78, 5) is 15.6. The predicted octanol–water partition coefficient (Wildman–Crippen LogP) is 3.17. The van der Waals surface area contributed by atoms with Crippen molar-refractivity contribution in [2.45, 2.75) is 42.5 Å². The number of nitrogens with zero attached hydrogens (tertiary/aromatic N) is 2. The number of rotatable bonds is 9. The van der Waals surface area contributed by atoms with Crippen molar-refractivity contribution in [1.29, 1.82) is 0 Å². The fourth-order valence-electron chi connectivity index (χ4n) is 4.31. The molecule has 1 unspecified atom stereocenters. The Kier molecular flexibility index (Phi) is 8.43. The van der Waals surface area contributed by atoms with Gasteiger partial charge < -0.3 is 15.5 Å². The van der Waals surface area contributed by atoms with E-state index in [1.165, 1.54) is 43.7 Å². The van der Waals surface area contributed by atoms with Gasteiger partial charge >= 0.3 is 0 Å². The molecule has 2 aromatic rings. The van der Waals surface area contributed by atoms with Crippen LogP contribution < -0.4 is 10.6 Å². The van der Waals surface area contributed by atoms with Gasteiger partial charge in [-0.05, 0) is 68.8 Å². The largest absolute Gasteiger partial charge is 0.347 e. The Morgan fingerprint density at radius 1 is 1.06 bits per heavy atom. The van der Waals surface area contributed by atoms with Crippen LogP contribution in [-0.2, 0) is 16.6 Å². The van der Waals surface area contributed by atoms with Gasteiger partial charge in [-0.1, -0.05) is 18.0 Å². The van der Waals surface area contributed by atoms with Crippen molar-refractivity contribution in [3.63, 3.8) is 0 Å². The number of hydrogen-bond donors (Lipinski definition) is 2. The monoisotopic (exact) mass is 510 g/mol. The summed E-state index contributed by atoms with van der Waals surface area (Å²) in [5, 5.41) is 6.94. The summed E-state index contributed by atoms with van der Waals surface area (Å²) >= 11 is 7.07. The topological polar surface area (TPSA) is 81.8 Å². The second-order valence-electron chi connectivity index (χ2n) is 8.62. The number of piperidine rings is 1. The molecule has 0 spiro atoms. The number of benzene rings is 1. The zero-order valence-corrected chi connectivity index (χ0v) is 21.0. The fraction of sp³-hybridized carbons (Fsp3) is 0.522. The van der Waals surface area contributed by atoms with E-state index in [0.717, 1.165) is 24.4 Å². The summed E-state index contributed by atoms with van der Waals surface area (Å²) in [6.07, 6.45) is 4.72. The van der Waals surface area contributed by atoms with Gasteiger partial charge in [-0.2, -0.15) is 4.31 Å². The highest BCUT2D eigenvalue weighted by Crippen LogP contribution is 2.27. The summed E-state index contributed by atoms with van der Waals surface area (Å²) in [5.41, 5.74) is 0.514. The minimum atomic E-state index is -3.52. The van der Waals surface area contributed by atoms with Gasteiger partial charge in [0.2, 0.25) is 0 Å². The summed E-state index contributed by atoms with van der Waals surface area (Å²) < 4.78 is 28.1. The van der Waals surface area contributed by atoms with E-state index in [4.69, 9.17) is 11.6 Å². The Hall–Kier alpha value is -1.49. The molecule has 2 aliphatic heterocycles. The molecule has 1 aromatic carbocycles. The molecule has 2 fully saturated rings. The molecule has 0 radical (unpaired) electrons. The van der Waals surface area contributed by atoms with Crippen molar-refractivity contribution in [3.8, 4) is 0 Å². The molecular weight excluding hydrogens is 480 g/mol. The molecule has 3 heterocycles. The van der Waals surface area contributed by atoms with Crippen molar-refractivity contribution in [2.24, 2.45) is 0 Å². The molecule has 4 rings (SSSR count). The summed E-state index contributed by atoms with van der Waals surface area (Å²) in [7, 11) is -3.52.